The van der Waals surface area contributed by atoms with Gasteiger partial charge in [-0.05, 0) is 25.1 Å². The number of likely N-dealkylation sites (N-methyl/N-ethyl adjacent to an activating group) is 1. The van der Waals surface area contributed by atoms with Crippen molar-refractivity contribution in [2.75, 3.05) is 44.2 Å². The SMILES string of the molecule is CCN(C[C@@H]1CN(CCn2cccn2)CCO1)c1cccnn1. The number of anilines is 1. The average Bonchev–Trinajstić information content (AvgIpc) is 3.12. The van der Waals surface area contributed by atoms with Gasteiger partial charge in [-0.1, -0.05) is 0 Å². The second kappa shape index (κ2) is 8.03. The molecule has 1 fully saturated rings. The molecule has 0 saturated carbocycles. The van der Waals surface area contributed by atoms with Crippen LogP contribution in [0.1, 0.15) is 6.92 Å². The molecule has 1 aliphatic rings. The topological polar surface area (TPSA) is 59.3 Å². The lowest BCUT2D eigenvalue weighted by Crippen LogP contribution is -2.48. The molecule has 1 saturated heterocycles. The highest BCUT2D eigenvalue weighted by Crippen LogP contribution is 2.12. The summed E-state index contributed by atoms with van der Waals surface area (Å²) in [6, 6.07) is 5.88. The zero-order valence-electron chi connectivity index (χ0n) is 13.6. The lowest BCUT2D eigenvalue weighted by Gasteiger charge is -2.35. The van der Waals surface area contributed by atoms with Crippen LogP contribution in [-0.2, 0) is 11.3 Å². The van der Waals surface area contributed by atoms with Crippen LogP contribution < -0.4 is 4.90 Å². The van der Waals surface area contributed by atoms with Crippen LogP contribution in [0.3, 0.4) is 0 Å². The molecule has 0 radical (unpaired) electrons. The molecule has 3 rings (SSSR count). The minimum atomic E-state index is 0.198. The Labute approximate surface area is 136 Å². The van der Waals surface area contributed by atoms with E-state index in [4.69, 9.17) is 4.74 Å². The van der Waals surface area contributed by atoms with Gasteiger partial charge in [0.15, 0.2) is 5.82 Å². The number of morpholine rings is 1. The van der Waals surface area contributed by atoms with Crippen LogP contribution in [0, 0.1) is 0 Å². The van der Waals surface area contributed by atoms with Crippen LogP contribution in [-0.4, -0.2) is 70.3 Å². The maximum absolute atomic E-state index is 5.95. The van der Waals surface area contributed by atoms with E-state index in [9.17, 15) is 0 Å². The van der Waals surface area contributed by atoms with Gasteiger partial charge in [0.2, 0.25) is 0 Å². The van der Waals surface area contributed by atoms with Crippen molar-refractivity contribution in [1.82, 2.24) is 24.9 Å². The molecule has 0 bridgehead atoms. The minimum Gasteiger partial charge on any atom is -0.374 e. The molecule has 23 heavy (non-hydrogen) atoms. The number of rotatable bonds is 7. The molecule has 124 valence electrons. The van der Waals surface area contributed by atoms with Crippen LogP contribution >= 0.6 is 0 Å². The predicted octanol–water partition coefficient (Wildman–Crippen LogP) is 0.900. The zero-order valence-corrected chi connectivity index (χ0v) is 13.6. The Morgan fingerprint density at radius 1 is 1.30 bits per heavy atom. The number of aromatic nitrogens is 4. The van der Waals surface area contributed by atoms with Gasteiger partial charge in [-0.3, -0.25) is 9.58 Å². The molecule has 0 spiro atoms. The van der Waals surface area contributed by atoms with E-state index in [-0.39, 0.29) is 6.10 Å². The Morgan fingerprint density at radius 2 is 2.26 bits per heavy atom. The van der Waals surface area contributed by atoms with Gasteiger partial charge in [0.1, 0.15) is 0 Å². The Bertz CT molecular complexity index is 561. The molecule has 2 aromatic rings. The fraction of sp³-hybridized carbons (Fsp3) is 0.562. The summed E-state index contributed by atoms with van der Waals surface area (Å²) in [5.41, 5.74) is 0. The molecule has 7 heteroatoms. The molecular weight excluding hydrogens is 292 g/mol. The molecule has 1 atom stereocenters. The highest BCUT2D eigenvalue weighted by molar-refractivity contribution is 5.36. The first-order valence-electron chi connectivity index (χ1n) is 8.19. The highest BCUT2D eigenvalue weighted by Gasteiger charge is 2.22. The van der Waals surface area contributed by atoms with Gasteiger partial charge in [-0.25, -0.2) is 0 Å². The van der Waals surface area contributed by atoms with E-state index in [1.807, 2.05) is 35.3 Å². The molecule has 0 N–H and O–H groups in total. The largest absolute Gasteiger partial charge is 0.374 e. The maximum atomic E-state index is 5.95. The van der Waals surface area contributed by atoms with Crippen LogP contribution in [0.15, 0.2) is 36.8 Å². The van der Waals surface area contributed by atoms with E-state index < -0.39 is 0 Å². The van der Waals surface area contributed by atoms with Gasteiger partial charge >= 0.3 is 0 Å². The number of hydrogen-bond donors (Lipinski definition) is 0. The van der Waals surface area contributed by atoms with Crippen molar-refractivity contribution in [3.05, 3.63) is 36.8 Å². The molecular formula is C16H24N6O. The standard InChI is InChI=1S/C16H24N6O/c1-2-21(16-5-3-6-17-19-16)14-15-13-20(11-12-23-15)9-10-22-8-4-7-18-22/h3-8,15H,2,9-14H2,1H3/t15-/m0/s1. The van der Waals surface area contributed by atoms with E-state index in [1.54, 1.807) is 6.20 Å². The second-order valence-corrected chi connectivity index (χ2v) is 5.68. The zero-order chi connectivity index (χ0) is 15.9. The van der Waals surface area contributed by atoms with Gasteiger partial charge in [-0.15, -0.1) is 5.10 Å². The van der Waals surface area contributed by atoms with Crippen molar-refractivity contribution in [2.24, 2.45) is 0 Å². The van der Waals surface area contributed by atoms with Crippen LogP contribution in [0.4, 0.5) is 5.82 Å². The quantitative estimate of drug-likeness (QED) is 0.756. The van der Waals surface area contributed by atoms with Gasteiger partial charge in [0.05, 0.1) is 19.3 Å². The molecule has 0 amide bonds. The summed E-state index contributed by atoms with van der Waals surface area (Å²) in [6.45, 7) is 8.49. The first kappa shape index (κ1) is 15.9. The Kier molecular flexibility index (Phi) is 5.55. The number of nitrogens with zero attached hydrogens (tertiary/aromatic N) is 6. The van der Waals surface area contributed by atoms with Crippen LogP contribution in [0.25, 0.3) is 0 Å². The lowest BCUT2D eigenvalue weighted by molar-refractivity contribution is -0.0250. The molecule has 1 aliphatic heterocycles. The molecule has 7 nitrogen and oxygen atoms in total. The van der Waals surface area contributed by atoms with Crippen LogP contribution in [0.2, 0.25) is 0 Å². The van der Waals surface area contributed by atoms with Gasteiger partial charge in [0.25, 0.3) is 0 Å². The Morgan fingerprint density at radius 3 is 3.00 bits per heavy atom. The highest BCUT2D eigenvalue weighted by atomic mass is 16.5. The minimum absolute atomic E-state index is 0.198. The average molecular weight is 316 g/mol. The van der Waals surface area contributed by atoms with Crippen molar-refractivity contribution >= 4 is 5.82 Å². The summed E-state index contributed by atoms with van der Waals surface area (Å²) >= 11 is 0. The smallest absolute Gasteiger partial charge is 0.151 e. The van der Waals surface area contributed by atoms with Crippen molar-refractivity contribution in [2.45, 2.75) is 19.6 Å². The molecule has 2 aromatic heterocycles. The normalized spacial score (nSPS) is 18.9. The summed E-state index contributed by atoms with van der Waals surface area (Å²) in [6.07, 6.45) is 5.72. The molecule has 3 heterocycles. The third-order valence-electron chi connectivity index (χ3n) is 4.12. The third-order valence-corrected chi connectivity index (χ3v) is 4.12. The molecule has 0 aromatic carbocycles. The van der Waals surface area contributed by atoms with Gasteiger partial charge < -0.3 is 9.64 Å². The molecule has 0 unspecified atom stereocenters. The summed E-state index contributed by atoms with van der Waals surface area (Å²) in [7, 11) is 0. The maximum Gasteiger partial charge on any atom is 0.151 e. The second-order valence-electron chi connectivity index (χ2n) is 5.68. The summed E-state index contributed by atoms with van der Waals surface area (Å²) in [4.78, 5) is 4.66. The summed E-state index contributed by atoms with van der Waals surface area (Å²) < 4.78 is 7.92. The lowest BCUT2D eigenvalue weighted by atomic mass is 10.2. The van der Waals surface area contributed by atoms with Crippen molar-refractivity contribution in [1.29, 1.82) is 0 Å². The predicted molar refractivity (Wildman–Crippen MR) is 88.3 cm³/mol. The first-order valence-corrected chi connectivity index (χ1v) is 8.19. The van der Waals surface area contributed by atoms with E-state index >= 15 is 0 Å². The van der Waals surface area contributed by atoms with Crippen molar-refractivity contribution < 1.29 is 4.74 Å². The number of ether oxygens (including phenoxy) is 1. The van der Waals surface area contributed by atoms with Crippen LogP contribution in [0.5, 0.6) is 0 Å². The Balaban J connectivity index is 1.51. The summed E-state index contributed by atoms with van der Waals surface area (Å²) in [5.74, 6) is 0.910. The van der Waals surface area contributed by atoms with Crippen molar-refractivity contribution in [3.8, 4) is 0 Å². The van der Waals surface area contributed by atoms with E-state index in [2.05, 4.69) is 32.0 Å². The fourth-order valence-corrected chi connectivity index (χ4v) is 2.86. The van der Waals surface area contributed by atoms with E-state index in [0.717, 1.165) is 51.7 Å². The van der Waals surface area contributed by atoms with Crippen molar-refractivity contribution in [3.63, 3.8) is 0 Å². The fourth-order valence-electron chi connectivity index (χ4n) is 2.86. The van der Waals surface area contributed by atoms with Gasteiger partial charge in [0, 0.05) is 51.3 Å². The first-order chi connectivity index (χ1) is 11.3. The van der Waals surface area contributed by atoms with Gasteiger partial charge in [-0.2, -0.15) is 10.2 Å². The monoisotopic (exact) mass is 316 g/mol. The molecule has 0 aliphatic carbocycles. The summed E-state index contributed by atoms with van der Waals surface area (Å²) in [5, 5.41) is 12.4. The van der Waals surface area contributed by atoms with E-state index in [0.29, 0.717) is 0 Å². The van der Waals surface area contributed by atoms with E-state index in [1.165, 1.54) is 0 Å². The third kappa shape index (κ3) is 4.49. The Hall–Kier alpha value is -1.99. The number of hydrogen-bond acceptors (Lipinski definition) is 6.